The van der Waals surface area contributed by atoms with Gasteiger partial charge in [-0.15, -0.1) is 6.58 Å². The van der Waals surface area contributed by atoms with E-state index in [-0.39, 0.29) is 0 Å². The summed E-state index contributed by atoms with van der Waals surface area (Å²) in [6.07, 6.45) is 0.979. The maximum Gasteiger partial charge on any atom is 0.121 e. The van der Waals surface area contributed by atoms with Crippen LogP contribution in [0.2, 0.25) is 0 Å². The summed E-state index contributed by atoms with van der Waals surface area (Å²) in [5.41, 5.74) is 2.46. The SMILES string of the molecule is C=C(C)C[C@@H](c1cc(C)c(C)o1)N1CCNCC1. The van der Waals surface area contributed by atoms with Gasteiger partial charge in [0, 0.05) is 26.2 Å². The topological polar surface area (TPSA) is 28.4 Å². The molecule has 0 bridgehead atoms. The second-order valence-electron chi connectivity index (χ2n) is 5.35. The average molecular weight is 248 g/mol. The minimum Gasteiger partial charge on any atom is -0.464 e. The molecule has 1 N–H and O–H groups in total. The zero-order chi connectivity index (χ0) is 13.1. The molecule has 0 radical (unpaired) electrons. The van der Waals surface area contributed by atoms with Crippen molar-refractivity contribution in [1.82, 2.24) is 10.2 Å². The molecule has 18 heavy (non-hydrogen) atoms. The molecule has 1 atom stereocenters. The second-order valence-corrected chi connectivity index (χ2v) is 5.35. The summed E-state index contributed by atoms with van der Waals surface area (Å²) < 4.78 is 5.93. The van der Waals surface area contributed by atoms with Gasteiger partial charge in [0.25, 0.3) is 0 Å². The maximum atomic E-state index is 5.93. The number of hydrogen-bond acceptors (Lipinski definition) is 3. The van der Waals surface area contributed by atoms with Crippen LogP contribution in [0.25, 0.3) is 0 Å². The van der Waals surface area contributed by atoms with Crippen LogP contribution in [-0.2, 0) is 0 Å². The van der Waals surface area contributed by atoms with Crippen molar-refractivity contribution >= 4 is 0 Å². The molecule has 0 aliphatic carbocycles. The smallest absolute Gasteiger partial charge is 0.121 e. The van der Waals surface area contributed by atoms with Crippen LogP contribution in [0.15, 0.2) is 22.6 Å². The van der Waals surface area contributed by atoms with Crippen LogP contribution in [0, 0.1) is 13.8 Å². The lowest BCUT2D eigenvalue weighted by Crippen LogP contribution is -2.45. The van der Waals surface area contributed by atoms with Crippen LogP contribution in [-0.4, -0.2) is 31.1 Å². The van der Waals surface area contributed by atoms with E-state index in [4.69, 9.17) is 4.42 Å². The Labute approximate surface area is 110 Å². The van der Waals surface area contributed by atoms with Crippen LogP contribution < -0.4 is 5.32 Å². The first kappa shape index (κ1) is 13.4. The van der Waals surface area contributed by atoms with Gasteiger partial charge >= 0.3 is 0 Å². The predicted molar refractivity (Wildman–Crippen MR) is 74.8 cm³/mol. The third kappa shape index (κ3) is 3.03. The maximum absolute atomic E-state index is 5.93. The van der Waals surface area contributed by atoms with Gasteiger partial charge in [-0.3, -0.25) is 4.90 Å². The Hall–Kier alpha value is -1.06. The number of aryl methyl sites for hydroxylation is 2. The van der Waals surface area contributed by atoms with Crippen molar-refractivity contribution in [3.8, 4) is 0 Å². The molecule has 3 heteroatoms. The lowest BCUT2D eigenvalue weighted by Gasteiger charge is -2.34. The number of piperazine rings is 1. The van der Waals surface area contributed by atoms with Gasteiger partial charge in [0.05, 0.1) is 6.04 Å². The fourth-order valence-corrected chi connectivity index (χ4v) is 2.50. The van der Waals surface area contributed by atoms with Crippen molar-refractivity contribution in [3.63, 3.8) is 0 Å². The molecule has 0 unspecified atom stereocenters. The van der Waals surface area contributed by atoms with Crippen molar-refractivity contribution in [3.05, 3.63) is 35.3 Å². The van der Waals surface area contributed by atoms with E-state index in [1.54, 1.807) is 0 Å². The summed E-state index contributed by atoms with van der Waals surface area (Å²) in [4.78, 5) is 2.50. The minimum atomic E-state index is 0.344. The molecule has 0 saturated carbocycles. The molecule has 0 amide bonds. The average Bonchev–Trinajstić information content (AvgIpc) is 2.67. The number of rotatable bonds is 4. The molecular weight excluding hydrogens is 224 g/mol. The summed E-state index contributed by atoms with van der Waals surface area (Å²) in [6.45, 7) is 14.6. The number of furan rings is 1. The molecular formula is C15H24N2O. The molecule has 2 heterocycles. The highest BCUT2D eigenvalue weighted by atomic mass is 16.3. The largest absolute Gasteiger partial charge is 0.464 e. The fourth-order valence-electron chi connectivity index (χ4n) is 2.50. The fraction of sp³-hybridized carbons (Fsp3) is 0.600. The van der Waals surface area contributed by atoms with E-state index >= 15 is 0 Å². The van der Waals surface area contributed by atoms with Gasteiger partial charge in [-0.05, 0) is 38.8 Å². The molecule has 1 aromatic rings. The molecule has 1 aliphatic heterocycles. The number of hydrogen-bond donors (Lipinski definition) is 1. The van der Waals surface area contributed by atoms with Gasteiger partial charge < -0.3 is 9.73 Å². The highest BCUT2D eigenvalue weighted by molar-refractivity contribution is 5.22. The summed E-state index contributed by atoms with van der Waals surface area (Å²) in [5.74, 6) is 2.13. The van der Waals surface area contributed by atoms with Crippen molar-refractivity contribution in [2.24, 2.45) is 0 Å². The highest BCUT2D eigenvalue weighted by Crippen LogP contribution is 2.30. The van der Waals surface area contributed by atoms with E-state index in [0.717, 1.165) is 44.1 Å². The van der Waals surface area contributed by atoms with E-state index in [1.165, 1.54) is 11.1 Å². The Morgan fingerprint density at radius 2 is 2.11 bits per heavy atom. The zero-order valence-electron chi connectivity index (χ0n) is 11.8. The minimum absolute atomic E-state index is 0.344. The summed E-state index contributed by atoms with van der Waals surface area (Å²) in [6, 6.07) is 2.53. The lowest BCUT2D eigenvalue weighted by molar-refractivity contribution is 0.152. The molecule has 2 rings (SSSR count). The highest BCUT2D eigenvalue weighted by Gasteiger charge is 2.25. The molecule has 3 nitrogen and oxygen atoms in total. The quantitative estimate of drug-likeness (QED) is 0.831. The van der Waals surface area contributed by atoms with Crippen LogP contribution in [0.4, 0.5) is 0 Å². The first-order valence-corrected chi connectivity index (χ1v) is 6.74. The van der Waals surface area contributed by atoms with Gasteiger partial charge in [-0.1, -0.05) is 5.57 Å². The molecule has 1 aromatic heterocycles. The van der Waals surface area contributed by atoms with Crippen molar-refractivity contribution in [2.75, 3.05) is 26.2 Å². The Balaban J connectivity index is 2.20. The predicted octanol–water partition coefficient (Wildman–Crippen LogP) is 2.81. The Kier molecular flexibility index (Phi) is 4.25. The first-order chi connectivity index (χ1) is 8.58. The van der Waals surface area contributed by atoms with Gasteiger partial charge in [-0.25, -0.2) is 0 Å². The van der Waals surface area contributed by atoms with Gasteiger partial charge in [0.1, 0.15) is 11.5 Å². The third-order valence-electron chi connectivity index (χ3n) is 3.65. The number of nitrogens with one attached hydrogen (secondary N) is 1. The Bertz CT molecular complexity index is 397. The summed E-state index contributed by atoms with van der Waals surface area (Å²) >= 11 is 0. The first-order valence-electron chi connectivity index (χ1n) is 6.74. The van der Waals surface area contributed by atoms with Crippen molar-refractivity contribution in [1.29, 1.82) is 0 Å². The van der Waals surface area contributed by atoms with Crippen LogP contribution >= 0.6 is 0 Å². The van der Waals surface area contributed by atoms with Gasteiger partial charge in [0.2, 0.25) is 0 Å². The molecule has 1 fully saturated rings. The van der Waals surface area contributed by atoms with Crippen LogP contribution in [0.1, 0.15) is 36.5 Å². The van der Waals surface area contributed by atoms with E-state index in [9.17, 15) is 0 Å². The van der Waals surface area contributed by atoms with E-state index in [1.807, 2.05) is 6.92 Å². The Morgan fingerprint density at radius 3 is 2.61 bits per heavy atom. The summed E-state index contributed by atoms with van der Waals surface area (Å²) in [5, 5.41) is 3.40. The Morgan fingerprint density at radius 1 is 1.44 bits per heavy atom. The molecule has 1 saturated heterocycles. The van der Waals surface area contributed by atoms with Crippen molar-refractivity contribution in [2.45, 2.75) is 33.2 Å². The molecule has 100 valence electrons. The lowest BCUT2D eigenvalue weighted by atomic mass is 10.0. The summed E-state index contributed by atoms with van der Waals surface area (Å²) in [7, 11) is 0. The number of nitrogens with zero attached hydrogens (tertiary/aromatic N) is 1. The third-order valence-corrected chi connectivity index (χ3v) is 3.65. The van der Waals surface area contributed by atoms with E-state index in [2.05, 4.69) is 36.7 Å². The molecule has 1 aliphatic rings. The van der Waals surface area contributed by atoms with E-state index in [0.29, 0.717) is 6.04 Å². The van der Waals surface area contributed by atoms with Crippen LogP contribution in [0.3, 0.4) is 0 Å². The molecule has 0 aromatic carbocycles. The van der Waals surface area contributed by atoms with Crippen molar-refractivity contribution < 1.29 is 4.42 Å². The normalized spacial score (nSPS) is 18.8. The zero-order valence-corrected chi connectivity index (χ0v) is 11.8. The van der Waals surface area contributed by atoms with Gasteiger partial charge in [0.15, 0.2) is 0 Å². The second kappa shape index (κ2) is 5.72. The standard InChI is InChI=1S/C15H24N2O/c1-11(2)9-14(17-7-5-16-6-8-17)15-10-12(3)13(4)18-15/h10,14,16H,1,5-9H2,2-4H3/t14-/m0/s1. The monoisotopic (exact) mass is 248 g/mol. The van der Waals surface area contributed by atoms with E-state index < -0.39 is 0 Å². The van der Waals surface area contributed by atoms with Gasteiger partial charge in [-0.2, -0.15) is 0 Å². The van der Waals surface area contributed by atoms with Crippen LogP contribution in [0.5, 0.6) is 0 Å². The molecule has 0 spiro atoms.